The van der Waals surface area contributed by atoms with E-state index in [0.717, 1.165) is 11.1 Å². The van der Waals surface area contributed by atoms with Crippen LogP contribution in [0.2, 0.25) is 0 Å². The Kier molecular flexibility index (Phi) is 5.14. The molecular weight excluding hydrogens is 222 g/mol. The minimum Gasteiger partial charge on any atom is -0.346 e. The fourth-order valence-electron chi connectivity index (χ4n) is 1.77. The molecule has 0 aliphatic rings. The summed E-state index contributed by atoms with van der Waals surface area (Å²) in [6, 6.07) is 8.47. The molecule has 0 saturated carbocycles. The summed E-state index contributed by atoms with van der Waals surface area (Å²) in [5.41, 5.74) is 3.46. The minimum atomic E-state index is -0.0320. The summed E-state index contributed by atoms with van der Waals surface area (Å²) in [5, 5.41) is 2.96. The molecule has 2 heteroatoms. The molecule has 0 aliphatic carbocycles. The van der Waals surface area contributed by atoms with Crippen molar-refractivity contribution in [1.82, 2.24) is 5.32 Å². The lowest BCUT2D eigenvalue weighted by Gasteiger charge is -2.14. The summed E-state index contributed by atoms with van der Waals surface area (Å²) in [6.45, 7) is 10.2. The molecule has 1 atom stereocenters. The van der Waals surface area contributed by atoms with Gasteiger partial charge in [-0.3, -0.25) is 4.79 Å². The molecule has 1 aromatic carbocycles. The third-order valence-corrected chi connectivity index (χ3v) is 2.88. The lowest BCUT2D eigenvalue weighted by atomic mass is 9.99. The Bertz CT molecular complexity index is 425. The molecule has 1 aromatic rings. The van der Waals surface area contributed by atoms with Gasteiger partial charge in [0.05, 0.1) is 6.04 Å². The molecule has 0 aliphatic heterocycles. The van der Waals surface area contributed by atoms with Crippen LogP contribution in [0.15, 0.2) is 35.9 Å². The molecule has 0 fully saturated rings. The van der Waals surface area contributed by atoms with E-state index in [1.165, 1.54) is 5.56 Å². The molecule has 0 spiro atoms. The molecule has 0 radical (unpaired) electrons. The number of carbonyl (C=O) groups is 1. The highest BCUT2D eigenvalue weighted by molar-refractivity contribution is 5.88. The highest BCUT2D eigenvalue weighted by Gasteiger charge is 2.08. The van der Waals surface area contributed by atoms with Crippen LogP contribution in [0.3, 0.4) is 0 Å². The zero-order valence-electron chi connectivity index (χ0n) is 11.9. The number of benzene rings is 1. The van der Waals surface area contributed by atoms with Crippen molar-refractivity contribution in [3.05, 3.63) is 47.0 Å². The first-order valence-corrected chi connectivity index (χ1v) is 6.45. The molecule has 0 saturated heterocycles. The van der Waals surface area contributed by atoms with E-state index < -0.39 is 0 Å². The maximum Gasteiger partial charge on any atom is 0.244 e. The van der Waals surface area contributed by atoms with E-state index in [9.17, 15) is 4.79 Å². The summed E-state index contributed by atoms with van der Waals surface area (Å²) in [6.07, 6.45) is 1.62. The average Bonchev–Trinajstić information content (AvgIpc) is 2.27. The summed E-state index contributed by atoms with van der Waals surface area (Å²) in [4.78, 5) is 11.6. The lowest BCUT2D eigenvalue weighted by molar-refractivity contribution is -0.117. The van der Waals surface area contributed by atoms with Gasteiger partial charge in [-0.05, 0) is 37.8 Å². The van der Waals surface area contributed by atoms with E-state index in [4.69, 9.17) is 0 Å². The Morgan fingerprint density at radius 3 is 2.00 bits per heavy atom. The van der Waals surface area contributed by atoms with Gasteiger partial charge in [-0.1, -0.05) is 43.7 Å². The molecule has 18 heavy (non-hydrogen) atoms. The summed E-state index contributed by atoms with van der Waals surface area (Å²) in [7, 11) is 0. The largest absolute Gasteiger partial charge is 0.346 e. The van der Waals surface area contributed by atoms with Gasteiger partial charge < -0.3 is 5.32 Å². The van der Waals surface area contributed by atoms with Gasteiger partial charge in [-0.2, -0.15) is 0 Å². The first kappa shape index (κ1) is 14.5. The molecule has 0 bridgehead atoms. The third-order valence-electron chi connectivity index (χ3n) is 2.88. The van der Waals surface area contributed by atoms with Gasteiger partial charge in [0.25, 0.3) is 0 Å². The monoisotopic (exact) mass is 245 g/mol. The van der Waals surface area contributed by atoms with Gasteiger partial charge >= 0.3 is 0 Å². The van der Waals surface area contributed by atoms with Crippen LogP contribution in [-0.4, -0.2) is 5.91 Å². The fourth-order valence-corrected chi connectivity index (χ4v) is 1.77. The average molecular weight is 245 g/mol. The highest BCUT2D eigenvalue weighted by Crippen LogP contribution is 2.18. The SMILES string of the molecule is CC(C)=CC(=O)NC(C)c1ccc(C(C)C)cc1. The molecule has 1 rings (SSSR count). The minimum absolute atomic E-state index is 0.0320. The van der Waals surface area contributed by atoms with Crippen LogP contribution >= 0.6 is 0 Å². The first-order valence-electron chi connectivity index (χ1n) is 6.45. The number of allylic oxidation sites excluding steroid dienone is 1. The quantitative estimate of drug-likeness (QED) is 0.799. The van der Waals surface area contributed by atoms with Crippen molar-refractivity contribution >= 4 is 5.91 Å². The Hall–Kier alpha value is -1.57. The molecule has 0 aromatic heterocycles. The highest BCUT2D eigenvalue weighted by atomic mass is 16.1. The van der Waals surface area contributed by atoms with Crippen molar-refractivity contribution in [3.8, 4) is 0 Å². The van der Waals surface area contributed by atoms with Crippen LogP contribution in [0.1, 0.15) is 57.7 Å². The Morgan fingerprint density at radius 1 is 1.06 bits per heavy atom. The zero-order valence-corrected chi connectivity index (χ0v) is 11.9. The summed E-state index contributed by atoms with van der Waals surface area (Å²) in [5.74, 6) is 0.505. The van der Waals surface area contributed by atoms with E-state index in [2.05, 4.69) is 43.4 Å². The van der Waals surface area contributed by atoms with Gasteiger partial charge in [0.15, 0.2) is 0 Å². The summed E-state index contributed by atoms with van der Waals surface area (Å²) >= 11 is 0. The van der Waals surface area contributed by atoms with Gasteiger partial charge in [-0.25, -0.2) is 0 Å². The van der Waals surface area contributed by atoms with Gasteiger partial charge in [0.1, 0.15) is 0 Å². The predicted octanol–water partition coefficient (Wildman–Crippen LogP) is 3.95. The molecule has 1 amide bonds. The second-order valence-corrected chi connectivity index (χ2v) is 5.27. The van der Waals surface area contributed by atoms with E-state index in [1.807, 2.05) is 20.8 Å². The molecule has 98 valence electrons. The van der Waals surface area contributed by atoms with Crippen LogP contribution in [0.4, 0.5) is 0 Å². The molecule has 1 N–H and O–H groups in total. The molecular formula is C16H23NO. The van der Waals surface area contributed by atoms with E-state index >= 15 is 0 Å². The van der Waals surface area contributed by atoms with Crippen molar-refractivity contribution in [2.75, 3.05) is 0 Å². The van der Waals surface area contributed by atoms with Gasteiger partial charge in [0.2, 0.25) is 5.91 Å². The Balaban J connectivity index is 2.70. The van der Waals surface area contributed by atoms with Crippen LogP contribution in [0.5, 0.6) is 0 Å². The third kappa shape index (κ3) is 4.36. The van der Waals surface area contributed by atoms with Crippen molar-refractivity contribution in [3.63, 3.8) is 0 Å². The smallest absolute Gasteiger partial charge is 0.244 e. The maximum absolute atomic E-state index is 11.6. The van der Waals surface area contributed by atoms with Gasteiger partial charge in [0, 0.05) is 6.08 Å². The van der Waals surface area contributed by atoms with E-state index in [0.29, 0.717) is 5.92 Å². The van der Waals surface area contributed by atoms with Crippen molar-refractivity contribution in [1.29, 1.82) is 0 Å². The van der Waals surface area contributed by atoms with Crippen molar-refractivity contribution in [2.24, 2.45) is 0 Å². The van der Waals surface area contributed by atoms with E-state index in [1.54, 1.807) is 6.08 Å². The molecule has 1 unspecified atom stereocenters. The van der Waals surface area contributed by atoms with Crippen LogP contribution in [0.25, 0.3) is 0 Å². The Labute approximate surface area is 110 Å². The summed E-state index contributed by atoms with van der Waals surface area (Å²) < 4.78 is 0. The predicted molar refractivity (Wildman–Crippen MR) is 76.5 cm³/mol. The number of carbonyl (C=O) groups excluding carboxylic acids is 1. The van der Waals surface area contributed by atoms with Crippen LogP contribution in [-0.2, 0) is 4.79 Å². The second-order valence-electron chi connectivity index (χ2n) is 5.27. The maximum atomic E-state index is 11.6. The first-order chi connectivity index (χ1) is 8.40. The molecule has 0 heterocycles. The second kappa shape index (κ2) is 6.39. The van der Waals surface area contributed by atoms with Crippen LogP contribution < -0.4 is 5.32 Å². The van der Waals surface area contributed by atoms with Gasteiger partial charge in [-0.15, -0.1) is 0 Å². The number of hydrogen-bond donors (Lipinski definition) is 1. The topological polar surface area (TPSA) is 29.1 Å². The normalized spacial score (nSPS) is 12.1. The fraction of sp³-hybridized carbons (Fsp3) is 0.438. The van der Waals surface area contributed by atoms with E-state index in [-0.39, 0.29) is 11.9 Å². The van der Waals surface area contributed by atoms with Crippen molar-refractivity contribution < 1.29 is 4.79 Å². The number of amides is 1. The van der Waals surface area contributed by atoms with Crippen LogP contribution in [0, 0.1) is 0 Å². The number of rotatable bonds is 4. The lowest BCUT2D eigenvalue weighted by Crippen LogP contribution is -2.24. The number of hydrogen-bond acceptors (Lipinski definition) is 1. The standard InChI is InChI=1S/C16H23NO/c1-11(2)10-16(18)17-13(5)15-8-6-14(7-9-15)12(3)4/h6-10,12-13H,1-5H3,(H,17,18). The zero-order chi connectivity index (χ0) is 13.7. The van der Waals surface area contributed by atoms with Crippen molar-refractivity contribution in [2.45, 2.75) is 46.6 Å². The molecule has 2 nitrogen and oxygen atoms in total. The number of nitrogens with one attached hydrogen (secondary N) is 1. The Morgan fingerprint density at radius 2 is 1.56 bits per heavy atom.